The lowest BCUT2D eigenvalue weighted by atomic mass is 9.99. The van der Waals surface area contributed by atoms with Crippen LogP contribution in [0, 0.1) is 0 Å². The summed E-state index contributed by atoms with van der Waals surface area (Å²) in [6.45, 7) is 5.26. The van der Waals surface area contributed by atoms with Crippen molar-refractivity contribution >= 4 is 34.4 Å². The Morgan fingerprint density at radius 3 is 2.85 bits per heavy atom. The number of thiocarbonyl (C=S) groups is 2. The molecule has 0 aromatic carbocycles. The second-order valence-electron chi connectivity index (χ2n) is 4.27. The normalized spacial score (nSPS) is 31.5. The van der Waals surface area contributed by atoms with Crippen molar-refractivity contribution in [3.05, 3.63) is 0 Å². The number of hydrogen-bond donors (Lipinski definition) is 1. The Morgan fingerprint density at radius 1 is 1.46 bits per heavy atom. The highest BCUT2D eigenvalue weighted by Crippen LogP contribution is 2.27. The van der Waals surface area contributed by atoms with E-state index in [1.54, 1.807) is 0 Å². The van der Waals surface area contributed by atoms with E-state index in [1.807, 2.05) is 0 Å². The van der Waals surface area contributed by atoms with Gasteiger partial charge < -0.3 is 10.2 Å². The SMILES string of the molecule is CC1(C)NC(=S)[C@H]2CCCN2C1=S. The lowest BCUT2D eigenvalue weighted by molar-refractivity contribution is 0.390. The molecular formula is C9H14N2S2. The molecule has 0 radical (unpaired) electrons. The van der Waals surface area contributed by atoms with Gasteiger partial charge in [0.2, 0.25) is 0 Å². The van der Waals surface area contributed by atoms with Gasteiger partial charge in [0.05, 0.1) is 16.6 Å². The third kappa shape index (κ3) is 1.36. The van der Waals surface area contributed by atoms with Gasteiger partial charge in [0, 0.05) is 6.54 Å². The summed E-state index contributed by atoms with van der Waals surface area (Å²) in [7, 11) is 0. The smallest absolute Gasteiger partial charge is 0.104 e. The van der Waals surface area contributed by atoms with Crippen molar-refractivity contribution in [2.75, 3.05) is 6.54 Å². The first-order valence-electron chi connectivity index (χ1n) is 4.65. The van der Waals surface area contributed by atoms with Crippen LogP contribution in [0.3, 0.4) is 0 Å². The number of nitrogens with zero attached hydrogens (tertiary/aromatic N) is 1. The van der Waals surface area contributed by atoms with Gasteiger partial charge in [-0.25, -0.2) is 0 Å². The van der Waals surface area contributed by atoms with E-state index in [1.165, 1.54) is 6.42 Å². The predicted octanol–water partition coefficient (Wildman–Crippen LogP) is 1.49. The van der Waals surface area contributed by atoms with Gasteiger partial charge in [0.15, 0.2) is 0 Å². The minimum atomic E-state index is -0.132. The zero-order chi connectivity index (χ0) is 9.64. The molecule has 0 aromatic rings. The van der Waals surface area contributed by atoms with E-state index in [2.05, 4.69) is 24.1 Å². The molecule has 0 saturated carbocycles. The van der Waals surface area contributed by atoms with Crippen LogP contribution in [-0.2, 0) is 0 Å². The molecule has 1 N–H and O–H groups in total. The molecule has 0 aromatic heterocycles. The maximum atomic E-state index is 5.44. The van der Waals surface area contributed by atoms with Gasteiger partial charge in [0.1, 0.15) is 4.99 Å². The van der Waals surface area contributed by atoms with Crippen LogP contribution in [-0.4, -0.2) is 33.0 Å². The standard InChI is InChI=1S/C9H14N2S2/c1-9(2)8(13)11-5-3-4-6(11)7(12)10-9/h6H,3-5H2,1-2H3,(H,10,12)/t6-/m1/s1. The van der Waals surface area contributed by atoms with Crippen LogP contribution < -0.4 is 5.32 Å². The van der Waals surface area contributed by atoms with Gasteiger partial charge in [-0.1, -0.05) is 24.4 Å². The zero-order valence-electron chi connectivity index (χ0n) is 7.96. The fraction of sp³-hybridized carbons (Fsp3) is 0.778. The lowest BCUT2D eigenvalue weighted by Gasteiger charge is -2.43. The van der Waals surface area contributed by atoms with E-state index in [-0.39, 0.29) is 5.54 Å². The van der Waals surface area contributed by atoms with Gasteiger partial charge in [-0.05, 0) is 26.7 Å². The average molecular weight is 214 g/mol. The Balaban J connectivity index is 2.30. The molecule has 0 unspecified atom stereocenters. The quantitative estimate of drug-likeness (QED) is 0.614. The first kappa shape index (κ1) is 9.34. The summed E-state index contributed by atoms with van der Waals surface area (Å²) in [6, 6.07) is 0.385. The molecular weight excluding hydrogens is 200 g/mol. The van der Waals surface area contributed by atoms with Crippen LogP contribution in [0.1, 0.15) is 26.7 Å². The Hall–Kier alpha value is -0.220. The fourth-order valence-electron chi connectivity index (χ4n) is 2.09. The molecule has 2 nitrogen and oxygen atoms in total. The molecule has 0 spiro atoms. The topological polar surface area (TPSA) is 15.3 Å². The van der Waals surface area contributed by atoms with Crippen LogP contribution in [0.15, 0.2) is 0 Å². The van der Waals surface area contributed by atoms with E-state index in [9.17, 15) is 0 Å². The minimum Gasteiger partial charge on any atom is -0.367 e. The zero-order valence-corrected chi connectivity index (χ0v) is 9.60. The first-order valence-corrected chi connectivity index (χ1v) is 5.47. The van der Waals surface area contributed by atoms with Crippen LogP contribution in [0.5, 0.6) is 0 Å². The molecule has 2 fully saturated rings. The highest BCUT2D eigenvalue weighted by atomic mass is 32.1. The molecule has 1 atom stereocenters. The molecule has 2 aliphatic heterocycles. The Kier molecular flexibility index (Phi) is 2.07. The van der Waals surface area contributed by atoms with Gasteiger partial charge in [0.25, 0.3) is 0 Å². The molecule has 0 aliphatic carbocycles. The number of piperazine rings is 1. The third-order valence-electron chi connectivity index (χ3n) is 2.79. The summed E-state index contributed by atoms with van der Waals surface area (Å²) in [6.07, 6.45) is 2.37. The summed E-state index contributed by atoms with van der Waals surface area (Å²) in [5.41, 5.74) is -0.132. The van der Waals surface area contributed by atoms with Crippen molar-refractivity contribution in [2.45, 2.75) is 38.3 Å². The van der Waals surface area contributed by atoms with Gasteiger partial charge in [-0.15, -0.1) is 0 Å². The maximum Gasteiger partial charge on any atom is 0.104 e. The van der Waals surface area contributed by atoms with Gasteiger partial charge in [-0.3, -0.25) is 0 Å². The van der Waals surface area contributed by atoms with Crippen LogP contribution in [0.4, 0.5) is 0 Å². The molecule has 4 heteroatoms. The summed E-state index contributed by atoms with van der Waals surface area (Å²) in [4.78, 5) is 4.27. The lowest BCUT2D eigenvalue weighted by Crippen LogP contribution is -2.64. The molecule has 2 saturated heterocycles. The second-order valence-corrected chi connectivity index (χ2v) is 5.10. The molecule has 72 valence electrons. The van der Waals surface area contributed by atoms with E-state index in [0.717, 1.165) is 22.9 Å². The summed E-state index contributed by atoms with van der Waals surface area (Å²) in [5.74, 6) is 0. The molecule has 2 aliphatic rings. The van der Waals surface area contributed by atoms with Gasteiger partial charge in [-0.2, -0.15) is 0 Å². The molecule has 2 rings (SSSR count). The maximum absolute atomic E-state index is 5.44. The van der Waals surface area contributed by atoms with E-state index in [0.29, 0.717) is 6.04 Å². The van der Waals surface area contributed by atoms with E-state index in [4.69, 9.17) is 24.4 Å². The van der Waals surface area contributed by atoms with Crippen molar-refractivity contribution in [2.24, 2.45) is 0 Å². The molecule has 0 amide bonds. The molecule has 0 bridgehead atoms. The molecule has 2 heterocycles. The summed E-state index contributed by atoms with van der Waals surface area (Å²) >= 11 is 10.8. The van der Waals surface area contributed by atoms with Crippen LogP contribution >= 0.6 is 24.4 Å². The van der Waals surface area contributed by atoms with Crippen LogP contribution in [0.2, 0.25) is 0 Å². The summed E-state index contributed by atoms with van der Waals surface area (Å²) < 4.78 is 0. The van der Waals surface area contributed by atoms with Gasteiger partial charge >= 0.3 is 0 Å². The Bertz CT molecular complexity index is 273. The number of hydrogen-bond acceptors (Lipinski definition) is 2. The number of rotatable bonds is 0. The Morgan fingerprint density at radius 2 is 2.15 bits per heavy atom. The number of nitrogens with one attached hydrogen (secondary N) is 1. The van der Waals surface area contributed by atoms with Crippen molar-refractivity contribution in [3.63, 3.8) is 0 Å². The van der Waals surface area contributed by atoms with E-state index < -0.39 is 0 Å². The highest BCUT2D eigenvalue weighted by molar-refractivity contribution is 7.81. The largest absolute Gasteiger partial charge is 0.367 e. The highest BCUT2D eigenvalue weighted by Gasteiger charge is 2.42. The van der Waals surface area contributed by atoms with E-state index >= 15 is 0 Å². The second kappa shape index (κ2) is 2.89. The number of fused-ring (bicyclic) bond motifs is 1. The first-order chi connectivity index (χ1) is 6.02. The van der Waals surface area contributed by atoms with Crippen molar-refractivity contribution in [3.8, 4) is 0 Å². The minimum absolute atomic E-state index is 0.132. The predicted molar refractivity (Wildman–Crippen MR) is 62.1 cm³/mol. The average Bonchev–Trinajstić information content (AvgIpc) is 2.47. The van der Waals surface area contributed by atoms with Crippen molar-refractivity contribution in [1.29, 1.82) is 0 Å². The Labute approximate surface area is 89.7 Å². The van der Waals surface area contributed by atoms with Crippen molar-refractivity contribution in [1.82, 2.24) is 10.2 Å². The monoisotopic (exact) mass is 214 g/mol. The third-order valence-corrected chi connectivity index (χ3v) is 3.91. The summed E-state index contributed by atoms with van der Waals surface area (Å²) in [5, 5.41) is 3.33. The molecule has 13 heavy (non-hydrogen) atoms. The fourth-order valence-corrected chi connectivity index (χ4v) is 2.86. The van der Waals surface area contributed by atoms with Crippen molar-refractivity contribution < 1.29 is 0 Å². The van der Waals surface area contributed by atoms with Crippen LogP contribution in [0.25, 0.3) is 0 Å².